The third kappa shape index (κ3) is 9.19. The molecule has 0 amide bonds. The average Bonchev–Trinajstić information content (AvgIpc) is 2.45. The van der Waals surface area contributed by atoms with Crippen molar-refractivity contribution in [2.75, 3.05) is 13.2 Å². The molecule has 0 saturated carbocycles. The Kier molecular flexibility index (Phi) is 9.75. The third-order valence-corrected chi connectivity index (χ3v) is 12.4. The van der Waals surface area contributed by atoms with E-state index in [2.05, 4.69) is 0 Å². The largest absolute Gasteiger partial charge is 0.460 e. The van der Waals surface area contributed by atoms with Gasteiger partial charge in [0, 0.05) is 6.42 Å². The molecule has 0 aromatic rings. The summed E-state index contributed by atoms with van der Waals surface area (Å²) in [6.07, 6.45) is -7.48. The molecule has 0 bridgehead atoms. The van der Waals surface area contributed by atoms with E-state index in [9.17, 15) is 39.5 Å². The summed E-state index contributed by atoms with van der Waals surface area (Å²) in [6, 6.07) is 0. The highest BCUT2D eigenvalue weighted by Crippen LogP contribution is 2.53. The Hall–Kier alpha value is -0.359. The zero-order valence-corrected chi connectivity index (χ0v) is 21.4. The molecule has 15 heteroatoms. The lowest BCUT2D eigenvalue weighted by Crippen LogP contribution is -2.61. The summed E-state index contributed by atoms with van der Waals surface area (Å²) in [7, 11) is -6.87. The Morgan fingerprint density at radius 3 is 1.45 bits per heavy atom. The van der Waals surface area contributed by atoms with Gasteiger partial charge >= 0.3 is 32.5 Å². The molecule has 0 rings (SSSR count). The normalized spacial score (nSPS) is 15.7. The van der Waals surface area contributed by atoms with Crippen LogP contribution in [0.25, 0.3) is 0 Å². The fraction of sp³-hybridized carbons (Fsp3) is 0.875. The van der Waals surface area contributed by atoms with E-state index < -0.39 is 62.2 Å². The lowest BCUT2D eigenvalue weighted by Gasteiger charge is -2.36. The molecular formula is C16H29F9O3Si3. The van der Waals surface area contributed by atoms with Gasteiger partial charge in [-0.3, -0.25) is 0 Å². The minimum Gasteiger partial charge on any atom is -0.434 e. The van der Waals surface area contributed by atoms with E-state index in [1.165, 1.54) is 6.08 Å². The van der Waals surface area contributed by atoms with Crippen LogP contribution in [0.15, 0.2) is 11.8 Å². The first-order chi connectivity index (χ1) is 13.4. The van der Waals surface area contributed by atoms with E-state index in [1.54, 1.807) is 12.2 Å². The Bertz CT molecular complexity index is 596. The van der Waals surface area contributed by atoms with Gasteiger partial charge in [0.25, 0.3) is 0 Å². The van der Waals surface area contributed by atoms with Crippen molar-refractivity contribution in [1.29, 1.82) is 0 Å². The molecule has 0 aromatic carbocycles. The van der Waals surface area contributed by atoms with Gasteiger partial charge in [0.2, 0.25) is 0 Å². The van der Waals surface area contributed by atoms with E-state index in [-0.39, 0.29) is 6.61 Å². The van der Waals surface area contributed by atoms with Crippen molar-refractivity contribution in [3.05, 3.63) is 11.8 Å². The number of hydrogen-bond donors (Lipinski definition) is 0. The van der Waals surface area contributed by atoms with Crippen molar-refractivity contribution in [2.24, 2.45) is 0 Å². The van der Waals surface area contributed by atoms with Gasteiger partial charge < -0.3 is 13.0 Å². The lowest BCUT2D eigenvalue weighted by atomic mass is 10.0. The van der Waals surface area contributed by atoms with Crippen molar-refractivity contribution in [3.63, 3.8) is 0 Å². The van der Waals surface area contributed by atoms with Crippen LogP contribution in [0.2, 0.25) is 45.8 Å². The number of halogens is 9. The molecule has 0 fully saturated rings. The first kappa shape index (κ1) is 30.6. The predicted molar refractivity (Wildman–Crippen MR) is 106 cm³/mol. The Morgan fingerprint density at radius 2 is 1.10 bits per heavy atom. The number of hydrogen-bond acceptors (Lipinski definition) is 3. The highest BCUT2D eigenvalue weighted by molar-refractivity contribution is 6.89. The van der Waals surface area contributed by atoms with Gasteiger partial charge in [-0.25, -0.2) is 0 Å². The number of alkyl halides is 9. The van der Waals surface area contributed by atoms with Crippen molar-refractivity contribution >= 4 is 25.2 Å². The smallest absolute Gasteiger partial charge is 0.434 e. The summed E-state index contributed by atoms with van der Waals surface area (Å²) in [5.74, 6) is -19.2. The molecule has 0 unspecified atom stereocenters. The van der Waals surface area contributed by atoms with Crippen LogP contribution in [-0.4, -0.2) is 62.4 Å². The van der Waals surface area contributed by atoms with Crippen LogP contribution in [0, 0.1) is 0 Å². The first-order valence-corrected chi connectivity index (χ1v) is 18.4. The zero-order valence-electron chi connectivity index (χ0n) is 18.4. The molecule has 0 N–H and O–H groups in total. The van der Waals surface area contributed by atoms with E-state index >= 15 is 0 Å². The van der Waals surface area contributed by atoms with Crippen molar-refractivity contribution in [3.8, 4) is 0 Å². The SMILES string of the molecule is C[Si](C)(C)O[Si](C)(/C=C/COCCC(F)(F)C(F)(F)C(F)(F)C(F)(F)F)O[Si](C)(C)C. The molecule has 0 atom stereocenters. The second-order valence-corrected chi connectivity index (χ2v) is 21.5. The van der Waals surface area contributed by atoms with Gasteiger partial charge in [0.1, 0.15) is 0 Å². The Morgan fingerprint density at radius 1 is 0.677 bits per heavy atom. The lowest BCUT2D eigenvalue weighted by molar-refractivity contribution is -0.397. The minimum absolute atomic E-state index is 0.371. The topological polar surface area (TPSA) is 27.7 Å². The van der Waals surface area contributed by atoms with Crippen molar-refractivity contribution in [2.45, 2.75) is 76.2 Å². The van der Waals surface area contributed by atoms with Gasteiger partial charge in [0.05, 0.1) is 13.2 Å². The summed E-state index contributed by atoms with van der Waals surface area (Å²) in [6.45, 7) is 11.9. The molecule has 0 aliphatic heterocycles. The summed E-state index contributed by atoms with van der Waals surface area (Å²) in [5, 5.41) is 0. The van der Waals surface area contributed by atoms with Gasteiger partial charge in [0.15, 0.2) is 16.6 Å². The molecule has 0 heterocycles. The van der Waals surface area contributed by atoms with Crippen LogP contribution < -0.4 is 0 Å². The first-order valence-electron chi connectivity index (χ1n) is 9.23. The zero-order chi connectivity index (χ0) is 25.2. The van der Waals surface area contributed by atoms with Gasteiger partial charge in [-0.15, -0.1) is 0 Å². The summed E-state index contributed by atoms with van der Waals surface area (Å²) < 4.78 is 132. The molecular weight excluding hydrogens is 495 g/mol. The van der Waals surface area contributed by atoms with Crippen LogP contribution in [0.4, 0.5) is 39.5 Å². The fourth-order valence-corrected chi connectivity index (χ4v) is 13.8. The van der Waals surface area contributed by atoms with Crippen LogP contribution in [-0.2, 0) is 13.0 Å². The molecule has 31 heavy (non-hydrogen) atoms. The van der Waals surface area contributed by atoms with E-state index in [1.807, 2.05) is 39.3 Å². The van der Waals surface area contributed by atoms with Gasteiger partial charge in [-0.1, -0.05) is 6.08 Å². The molecule has 0 spiro atoms. The maximum atomic E-state index is 13.4. The highest BCUT2D eigenvalue weighted by atomic mass is 28.5. The van der Waals surface area contributed by atoms with E-state index in [0.717, 1.165) is 0 Å². The van der Waals surface area contributed by atoms with Crippen molar-refractivity contribution in [1.82, 2.24) is 0 Å². The Labute approximate surface area is 179 Å². The maximum absolute atomic E-state index is 13.4. The number of ether oxygens (including phenoxy) is 1. The molecule has 186 valence electrons. The standard InChI is InChI=1S/C16H29F9O3Si3/c1-29(2,3)27-31(7,28-30(4,5)6)12-8-10-26-11-9-13(17,18)14(19,20)15(21,22)16(23,24)25/h8,12H,9-11H2,1-7H3/b12-8+. The van der Waals surface area contributed by atoms with Crippen LogP contribution in [0.1, 0.15) is 6.42 Å². The summed E-state index contributed by atoms with van der Waals surface area (Å²) >= 11 is 0. The minimum atomic E-state index is -6.89. The molecule has 0 radical (unpaired) electrons. The second kappa shape index (κ2) is 9.87. The summed E-state index contributed by atoms with van der Waals surface area (Å²) in [5.41, 5.74) is 1.59. The second-order valence-electron chi connectivity index (χ2n) is 9.02. The fourth-order valence-electron chi connectivity index (χ4n) is 2.48. The molecule has 0 aromatic heterocycles. The van der Waals surface area contributed by atoms with Gasteiger partial charge in [-0.05, 0) is 51.5 Å². The summed E-state index contributed by atoms with van der Waals surface area (Å²) in [4.78, 5) is 0. The predicted octanol–water partition coefficient (Wildman–Crippen LogP) is 6.73. The van der Waals surface area contributed by atoms with Crippen LogP contribution in [0.5, 0.6) is 0 Å². The average molecular weight is 525 g/mol. The molecule has 3 nitrogen and oxygen atoms in total. The van der Waals surface area contributed by atoms with E-state index in [4.69, 9.17) is 13.0 Å². The maximum Gasteiger partial charge on any atom is 0.460 e. The third-order valence-electron chi connectivity index (χ3n) is 3.42. The molecule has 0 saturated heterocycles. The number of rotatable bonds is 12. The monoisotopic (exact) mass is 524 g/mol. The Balaban J connectivity index is 5.03. The van der Waals surface area contributed by atoms with Crippen molar-refractivity contribution < 1.29 is 52.5 Å². The quantitative estimate of drug-likeness (QED) is 0.161. The van der Waals surface area contributed by atoms with Crippen LogP contribution in [0.3, 0.4) is 0 Å². The van der Waals surface area contributed by atoms with Crippen LogP contribution >= 0.6 is 0 Å². The molecule has 0 aliphatic carbocycles. The molecule has 0 aliphatic rings. The van der Waals surface area contributed by atoms with E-state index in [0.29, 0.717) is 0 Å². The van der Waals surface area contributed by atoms with Gasteiger partial charge in [-0.2, -0.15) is 39.5 Å². The highest BCUT2D eigenvalue weighted by Gasteiger charge is 2.81.